The van der Waals surface area contributed by atoms with Crippen LogP contribution in [0.25, 0.3) is 0 Å². The lowest BCUT2D eigenvalue weighted by Gasteiger charge is -2.21. The Labute approximate surface area is 592 Å². The van der Waals surface area contributed by atoms with Crippen LogP contribution in [0.1, 0.15) is 376 Å². The van der Waals surface area contributed by atoms with Gasteiger partial charge in [0.05, 0.1) is 26.4 Å². The third-order valence-electron chi connectivity index (χ3n) is 17.9. The van der Waals surface area contributed by atoms with E-state index in [-0.39, 0.29) is 25.7 Å². The molecule has 6 atom stereocenters. The summed E-state index contributed by atoms with van der Waals surface area (Å²) in [7, 11) is -9.93. The summed E-state index contributed by atoms with van der Waals surface area (Å²) in [6, 6.07) is 0. The van der Waals surface area contributed by atoms with Crippen molar-refractivity contribution in [2.75, 3.05) is 39.6 Å². The molecule has 572 valence electrons. The summed E-state index contributed by atoms with van der Waals surface area (Å²) in [6.07, 6.45) is 57.5. The summed E-state index contributed by atoms with van der Waals surface area (Å²) in [6.45, 7) is 11.9. The third kappa shape index (κ3) is 70.4. The standard InChI is InChI=1S/C78H148O17P2/c1-8-10-11-12-13-14-15-16-17-18-23-33-40-47-54-61-77(82)94-73(65-88-75(80)59-52-45-38-31-22-20-19-21-28-35-42-49-56-69(3)4)67-92-96(84,85)90-63-72(79)64-91-97(86,87)93-68-74(66-89-76(81)60-53-46-39-32-26-24-29-36-43-50-57-70(5)6)95-78(83)62-55-48-41-34-27-25-30-37-44-51-58-71(7)9-2/h14-17,69-74,79H,8-13,18-68H2,1-7H3,(H,84,85)(H,86,87)/b15-14-,17-16-/t71?,72-,73-,74-/m1/s1. The molecule has 0 aromatic carbocycles. The van der Waals surface area contributed by atoms with E-state index in [0.717, 1.165) is 120 Å². The Bertz CT molecular complexity index is 1980. The van der Waals surface area contributed by atoms with Crippen molar-refractivity contribution in [1.82, 2.24) is 0 Å². The van der Waals surface area contributed by atoms with Crippen molar-refractivity contribution >= 4 is 39.5 Å². The van der Waals surface area contributed by atoms with Crippen molar-refractivity contribution in [2.45, 2.75) is 394 Å². The molecule has 97 heavy (non-hydrogen) atoms. The number of carbonyl (C=O) groups excluding carboxylic acids is 4. The first-order valence-corrected chi connectivity index (χ1v) is 42.7. The molecule has 0 rings (SSSR count). The second-order valence-corrected chi connectivity index (χ2v) is 31.5. The predicted molar refractivity (Wildman–Crippen MR) is 395 cm³/mol. The second-order valence-electron chi connectivity index (χ2n) is 28.6. The molecule has 0 fully saturated rings. The smallest absolute Gasteiger partial charge is 0.462 e. The fraction of sp³-hybridized carbons (Fsp3) is 0.897. The first kappa shape index (κ1) is 94.5. The highest BCUT2D eigenvalue weighted by atomic mass is 31.2. The van der Waals surface area contributed by atoms with Crippen LogP contribution in [0.5, 0.6) is 0 Å². The van der Waals surface area contributed by atoms with Crippen LogP contribution in [-0.4, -0.2) is 96.7 Å². The zero-order chi connectivity index (χ0) is 71.6. The molecular formula is C78H148O17P2. The van der Waals surface area contributed by atoms with Gasteiger partial charge in [0.25, 0.3) is 0 Å². The highest BCUT2D eigenvalue weighted by Gasteiger charge is 2.30. The van der Waals surface area contributed by atoms with Crippen molar-refractivity contribution in [3.63, 3.8) is 0 Å². The third-order valence-corrected chi connectivity index (χ3v) is 19.8. The monoisotopic (exact) mass is 1420 g/mol. The minimum Gasteiger partial charge on any atom is -0.462 e. The number of unbranched alkanes of at least 4 members (excludes halogenated alkanes) is 38. The lowest BCUT2D eigenvalue weighted by atomic mass is 9.99. The average molecular weight is 1420 g/mol. The topological polar surface area (TPSA) is 237 Å². The molecule has 0 amide bonds. The van der Waals surface area contributed by atoms with Gasteiger partial charge in [0.2, 0.25) is 0 Å². The summed E-state index contributed by atoms with van der Waals surface area (Å²) in [5, 5.41) is 10.6. The van der Waals surface area contributed by atoms with Crippen molar-refractivity contribution in [1.29, 1.82) is 0 Å². The van der Waals surface area contributed by atoms with E-state index in [9.17, 15) is 43.2 Å². The summed E-state index contributed by atoms with van der Waals surface area (Å²) in [4.78, 5) is 72.9. The van der Waals surface area contributed by atoms with Crippen molar-refractivity contribution in [3.8, 4) is 0 Å². The quantitative estimate of drug-likeness (QED) is 0.0169. The minimum atomic E-state index is -4.97. The summed E-state index contributed by atoms with van der Waals surface area (Å²) < 4.78 is 68.6. The SMILES string of the molecule is CCCCCC/C=C\C=C/CCCCCCCC(=O)O[C@H](COC(=O)CCCCCCCCCCCCCCC(C)C)COP(=O)(O)OC[C@@H](O)COP(=O)(O)OC[C@@H](COC(=O)CCCCCCCCCCCCC(C)C)OC(=O)CCCCCCCCCCCCC(C)CC. The van der Waals surface area contributed by atoms with Gasteiger partial charge in [0.1, 0.15) is 19.3 Å². The van der Waals surface area contributed by atoms with Crippen LogP contribution in [0.2, 0.25) is 0 Å². The maximum atomic E-state index is 13.1. The number of carbonyl (C=O) groups is 4. The molecule has 0 aromatic heterocycles. The molecule has 3 N–H and O–H groups in total. The largest absolute Gasteiger partial charge is 0.472 e. The maximum absolute atomic E-state index is 13.1. The molecule has 0 spiro atoms. The van der Waals surface area contributed by atoms with Gasteiger partial charge in [-0.15, -0.1) is 0 Å². The Morgan fingerprint density at radius 2 is 0.608 bits per heavy atom. The van der Waals surface area contributed by atoms with E-state index >= 15 is 0 Å². The van der Waals surface area contributed by atoms with Crippen molar-refractivity contribution < 1.29 is 80.2 Å². The summed E-state index contributed by atoms with van der Waals surface area (Å²) in [5.41, 5.74) is 0. The van der Waals surface area contributed by atoms with Crippen LogP contribution in [0, 0.1) is 17.8 Å². The molecular weight excluding hydrogens is 1270 g/mol. The molecule has 0 aliphatic carbocycles. The second kappa shape index (κ2) is 68.0. The number of ether oxygens (including phenoxy) is 4. The molecule has 19 heteroatoms. The number of allylic oxidation sites excluding steroid dienone is 4. The lowest BCUT2D eigenvalue weighted by Crippen LogP contribution is -2.30. The van der Waals surface area contributed by atoms with Crippen LogP contribution >= 0.6 is 15.6 Å². The molecule has 0 saturated carbocycles. The van der Waals surface area contributed by atoms with Gasteiger partial charge in [-0.05, 0) is 69.1 Å². The van der Waals surface area contributed by atoms with Crippen LogP contribution < -0.4 is 0 Å². The van der Waals surface area contributed by atoms with E-state index in [0.29, 0.717) is 25.7 Å². The normalized spacial score (nSPS) is 14.5. The van der Waals surface area contributed by atoms with Gasteiger partial charge in [0, 0.05) is 25.7 Å². The first-order valence-electron chi connectivity index (χ1n) is 39.7. The lowest BCUT2D eigenvalue weighted by molar-refractivity contribution is -0.161. The fourth-order valence-electron chi connectivity index (χ4n) is 11.4. The van der Waals surface area contributed by atoms with E-state index in [1.165, 1.54) is 173 Å². The van der Waals surface area contributed by atoms with E-state index < -0.39 is 97.5 Å². The molecule has 0 aromatic rings. The van der Waals surface area contributed by atoms with Crippen LogP contribution in [-0.2, 0) is 65.4 Å². The van der Waals surface area contributed by atoms with Gasteiger partial charge in [-0.2, -0.15) is 0 Å². The number of esters is 4. The molecule has 0 aliphatic heterocycles. The van der Waals surface area contributed by atoms with Crippen molar-refractivity contribution in [3.05, 3.63) is 24.3 Å². The Kier molecular flexibility index (Phi) is 66.3. The Balaban J connectivity index is 5.32. The number of hydrogen-bond acceptors (Lipinski definition) is 15. The van der Waals surface area contributed by atoms with E-state index in [1.54, 1.807) is 0 Å². The summed E-state index contributed by atoms with van der Waals surface area (Å²) in [5.74, 6) is 0.193. The maximum Gasteiger partial charge on any atom is 0.472 e. The van der Waals surface area contributed by atoms with Crippen LogP contribution in [0.3, 0.4) is 0 Å². The van der Waals surface area contributed by atoms with Crippen LogP contribution in [0.4, 0.5) is 0 Å². The zero-order valence-electron chi connectivity index (χ0n) is 63.0. The highest BCUT2D eigenvalue weighted by Crippen LogP contribution is 2.45. The molecule has 0 radical (unpaired) electrons. The molecule has 0 bridgehead atoms. The number of aliphatic hydroxyl groups excluding tert-OH is 1. The predicted octanol–water partition coefficient (Wildman–Crippen LogP) is 22.5. The van der Waals surface area contributed by atoms with Crippen LogP contribution in [0.15, 0.2) is 24.3 Å². The zero-order valence-corrected chi connectivity index (χ0v) is 64.8. The average Bonchev–Trinajstić information content (AvgIpc) is 1.45. The summed E-state index contributed by atoms with van der Waals surface area (Å²) >= 11 is 0. The fourth-order valence-corrected chi connectivity index (χ4v) is 13.0. The number of hydrogen-bond donors (Lipinski definition) is 3. The number of aliphatic hydroxyl groups is 1. The molecule has 3 unspecified atom stereocenters. The Morgan fingerprint density at radius 1 is 0.340 bits per heavy atom. The van der Waals surface area contributed by atoms with Gasteiger partial charge in [-0.25, -0.2) is 9.13 Å². The van der Waals surface area contributed by atoms with Gasteiger partial charge >= 0.3 is 39.5 Å². The number of phosphoric ester groups is 2. The number of rotatable bonds is 74. The van der Waals surface area contributed by atoms with E-state index in [4.69, 9.17) is 37.0 Å². The van der Waals surface area contributed by atoms with Gasteiger partial charge < -0.3 is 33.8 Å². The minimum absolute atomic E-state index is 0.0848. The van der Waals surface area contributed by atoms with Gasteiger partial charge in [-0.3, -0.25) is 37.3 Å². The van der Waals surface area contributed by atoms with Gasteiger partial charge in [0.15, 0.2) is 12.2 Å². The van der Waals surface area contributed by atoms with Crippen molar-refractivity contribution in [2.24, 2.45) is 17.8 Å². The highest BCUT2D eigenvalue weighted by molar-refractivity contribution is 7.47. The Hall–Kier alpha value is -2.46. The first-order chi connectivity index (χ1) is 46.8. The molecule has 17 nitrogen and oxygen atoms in total. The Morgan fingerprint density at radius 3 is 0.918 bits per heavy atom. The van der Waals surface area contributed by atoms with E-state index in [2.05, 4.69) is 72.8 Å². The van der Waals surface area contributed by atoms with E-state index in [1.807, 2.05) is 0 Å². The molecule has 0 aliphatic rings. The number of phosphoric acid groups is 2. The molecule has 0 heterocycles. The molecule has 0 saturated heterocycles. The van der Waals surface area contributed by atoms with Gasteiger partial charge in [-0.1, -0.05) is 323 Å².